The van der Waals surface area contributed by atoms with Crippen LogP contribution in [0.1, 0.15) is 53.7 Å². The zero-order valence-corrected chi connectivity index (χ0v) is 14.5. The highest BCUT2D eigenvalue weighted by atomic mass is 16.4. The fraction of sp³-hybridized carbons (Fsp3) is 0.0455. The Morgan fingerprint density at radius 1 is 0.464 bits per heavy atom. The topological polar surface area (TPSA) is 120 Å². The van der Waals surface area contributed by atoms with Crippen LogP contribution in [0.2, 0.25) is 0 Å². The van der Waals surface area contributed by atoms with Gasteiger partial charge < -0.3 is 29.7 Å². The van der Waals surface area contributed by atoms with Crippen molar-refractivity contribution in [2.24, 2.45) is 0 Å². The summed E-state index contributed by atoms with van der Waals surface area (Å²) in [5.41, 5.74) is 2.32. The lowest BCUT2D eigenvalue weighted by molar-refractivity contribution is -0.256. The van der Waals surface area contributed by atoms with Crippen molar-refractivity contribution in [1.29, 1.82) is 0 Å². The Bertz CT molecular complexity index is 881. The number of hydrogen-bond acceptors (Lipinski definition) is 6. The van der Waals surface area contributed by atoms with E-state index in [0.29, 0.717) is 0 Å². The molecule has 0 aliphatic carbocycles. The van der Waals surface area contributed by atoms with Crippen LogP contribution in [-0.2, 0) is 0 Å². The first-order valence-electron chi connectivity index (χ1n) is 8.30. The zero-order valence-electron chi connectivity index (χ0n) is 14.5. The molecule has 0 fully saturated rings. The minimum absolute atomic E-state index is 0.0297. The van der Waals surface area contributed by atoms with Gasteiger partial charge in [0.15, 0.2) is 0 Å². The fourth-order valence-corrected chi connectivity index (χ4v) is 3.01. The first-order valence-corrected chi connectivity index (χ1v) is 8.30. The van der Waals surface area contributed by atoms with Gasteiger partial charge in [-0.05, 0) is 33.4 Å². The van der Waals surface area contributed by atoms with Gasteiger partial charge in [-0.15, -0.1) is 0 Å². The molecule has 3 aromatic rings. The molecule has 3 aromatic carbocycles. The highest BCUT2D eigenvalue weighted by Crippen LogP contribution is 2.32. The summed E-state index contributed by atoms with van der Waals surface area (Å²) in [6.07, 6.45) is 0. The van der Waals surface area contributed by atoms with E-state index in [0.717, 1.165) is 16.7 Å². The monoisotopic (exact) mass is 373 g/mol. The summed E-state index contributed by atoms with van der Waals surface area (Å²) in [7, 11) is 0. The van der Waals surface area contributed by atoms with Gasteiger partial charge in [0.2, 0.25) is 0 Å². The second-order valence-corrected chi connectivity index (χ2v) is 6.16. The van der Waals surface area contributed by atoms with Crippen LogP contribution in [0.5, 0.6) is 0 Å². The van der Waals surface area contributed by atoms with E-state index in [9.17, 15) is 29.7 Å². The summed E-state index contributed by atoms with van der Waals surface area (Å²) in [6.45, 7) is 0. The van der Waals surface area contributed by atoms with E-state index in [1.54, 1.807) is 36.4 Å². The summed E-state index contributed by atoms with van der Waals surface area (Å²) in [6, 6.07) is 18.3. The molecule has 28 heavy (non-hydrogen) atoms. The van der Waals surface area contributed by atoms with Crippen molar-refractivity contribution in [3.63, 3.8) is 0 Å². The van der Waals surface area contributed by atoms with Crippen molar-refractivity contribution in [1.82, 2.24) is 0 Å². The second kappa shape index (κ2) is 7.75. The van der Waals surface area contributed by atoms with Crippen LogP contribution < -0.4 is 15.3 Å². The van der Waals surface area contributed by atoms with Crippen molar-refractivity contribution in [3.05, 3.63) is 106 Å². The summed E-state index contributed by atoms with van der Waals surface area (Å²) < 4.78 is 0. The molecular formula is C22H13O6-3. The smallest absolute Gasteiger partial charge is 0.0715 e. The van der Waals surface area contributed by atoms with Gasteiger partial charge in [-0.25, -0.2) is 0 Å². The predicted molar refractivity (Wildman–Crippen MR) is 93.3 cm³/mol. The molecule has 0 amide bonds. The molecule has 0 bridgehead atoms. The number of carbonyl (C=O) groups is 3. The Labute approximate surface area is 160 Å². The zero-order chi connectivity index (χ0) is 20.3. The average Bonchev–Trinajstić information content (AvgIpc) is 2.69. The van der Waals surface area contributed by atoms with Crippen LogP contribution in [0.15, 0.2) is 72.8 Å². The molecule has 3 rings (SSSR count). The van der Waals surface area contributed by atoms with Crippen LogP contribution in [0, 0.1) is 0 Å². The van der Waals surface area contributed by atoms with Crippen molar-refractivity contribution in [3.8, 4) is 0 Å². The lowest BCUT2D eigenvalue weighted by Gasteiger charge is -2.20. The number of aromatic carboxylic acids is 3. The Hall–Kier alpha value is -3.93. The molecule has 0 atom stereocenters. The van der Waals surface area contributed by atoms with Gasteiger partial charge in [0.1, 0.15) is 0 Å². The van der Waals surface area contributed by atoms with Crippen molar-refractivity contribution < 1.29 is 29.7 Å². The molecule has 6 nitrogen and oxygen atoms in total. The molecule has 0 radical (unpaired) electrons. The molecule has 0 aromatic heterocycles. The van der Waals surface area contributed by atoms with E-state index in [4.69, 9.17) is 0 Å². The molecule has 0 unspecified atom stereocenters. The molecule has 0 heterocycles. The Balaban J connectivity index is 2.08. The van der Waals surface area contributed by atoms with Crippen LogP contribution in [0.25, 0.3) is 0 Å². The van der Waals surface area contributed by atoms with Crippen LogP contribution in [-0.4, -0.2) is 17.9 Å². The maximum absolute atomic E-state index is 11.0. The molecule has 0 aliphatic rings. The standard InChI is InChI=1S/C22H16O6/c23-20(24)16-7-1-13(2-8-16)19(14-3-9-17(10-4-14)21(25)26)15-5-11-18(12-6-15)22(27)28/h1-12,19H,(H,23,24)(H,25,26)(H,27,28)/p-3. The Morgan fingerprint density at radius 2 is 0.679 bits per heavy atom. The molecule has 6 heteroatoms. The van der Waals surface area contributed by atoms with Crippen LogP contribution >= 0.6 is 0 Å². The maximum atomic E-state index is 11.0. The Kier molecular flexibility index (Phi) is 5.22. The lowest BCUT2D eigenvalue weighted by Crippen LogP contribution is -2.22. The molecular weight excluding hydrogens is 360 g/mol. The minimum atomic E-state index is -1.29. The predicted octanol–water partition coefficient (Wildman–Crippen LogP) is -0.0427. The lowest BCUT2D eigenvalue weighted by atomic mass is 9.84. The SMILES string of the molecule is O=C([O-])c1ccc(C(c2ccc(C(=O)[O-])cc2)c2ccc(C(=O)[O-])cc2)cc1. The van der Waals surface area contributed by atoms with Crippen molar-refractivity contribution in [2.75, 3.05) is 0 Å². The van der Waals surface area contributed by atoms with Gasteiger partial charge in [-0.3, -0.25) is 0 Å². The van der Waals surface area contributed by atoms with Gasteiger partial charge in [0.25, 0.3) is 0 Å². The van der Waals surface area contributed by atoms with E-state index in [1.807, 2.05) is 0 Å². The van der Waals surface area contributed by atoms with Gasteiger partial charge >= 0.3 is 0 Å². The number of hydrogen-bond donors (Lipinski definition) is 0. The first-order chi connectivity index (χ1) is 13.4. The number of carbonyl (C=O) groups excluding carboxylic acids is 3. The molecule has 140 valence electrons. The van der Waals surface area contributed by atoms with E-state index in [1.165, 1.54) is 36.4 Å². The minimum Gasteiger partial charge on any atom is -0.545 e. The van der Waals surface area contributed by atoms with E-state index in [-0.39, 0.29) is 22.6 Å². The molecule has 0 saturated heterocycles. The largest absolute Gasteiger partial charge is 0.545 e. The first kappa shape index (κ1) is 18.8. The van der Waals surface area contributed by atoms with Gasteiger partial charge in [-0.2, -0.15) is 0 Å². The van der Waals surface area contributed by atoms with Crippen LogP contribution in [0.3, 0.4) is 0 Å². The number of carboxylic acid groups (broad SMARTS) is 3. The van der Waals surface area contributed by atoms with Crippen molar-refractivity contribution in [2.45, 2.75) is 5.92 Å². The quantitative estimate of drug-likeness (QED) is 0.559. The highest BCUT2D eigenvalue weighted by molar-refractivity contribution is 5.87. The number of carboxylic acids is 3. The molecule has 0 aliphatic heterocycles. The third kappa shape index (κ3) is 3.91. The van der Waals surface area contributed by atoms with Gasteiger partial charge in [0, 0.05) is 5.92 Å². The van der Waals surface area contributed by atoms with E-state index < -0.39 is 17.9 Å². The number of benzene rings is 3. The maximum Gasteiger partial charge on any atom is 0.0715 e. The summed E-state index contributed by atoms with van der Waals surface area (Å²) in [5, 5.41) is 33.0. The van der Waals surface area contributed by atoms with Crippen LogP contribution in [0.4, 0.5) is 0 Å². The highest BCUT2D eigenvalue weighted by Gasteiger charge is 2.17. The average molecular weight is 373 g/mol. The van der Waals surface area contributed by atoms with Gasteiger partial charge in [0.05, 0.1) is 17.9 Å². The third-order valence-electron chi connectivity index (χ3n) is 4.44. The third-order valence-corrected chi connectivity index (χ3v) is 4.44. The summed E-state index contributed by atoms with van der Waals surface area (Å²) >= 11 is 0. The van der Waals surface area contributed by atoms with Crippen molar-refractivity contribution >= 4 is 17.9 Å². The number of rotatable bonds is 6. The molecule has 0 N–H and O–H groups in total. The van der Waals surface area contributed by atoms with E-state index in [2.05, 4.69) is 0 Å². The Morgan fingerprint density at radius 3 is 0.857 bits per heavy atom. The van der Waals surface area contributed by atoms with E-state index >= 15 is 0 Å². The molecule has 0 saturated carbocycles. The second-order valence-electron chi connectivity index (χ2n) is 6.16. The normalized spacial score (nSPS) is 10.6. The summed E-state index contributed by atoms with van der Waals surface area (Å²) in [5.74, 6) is -4.25. The van der Waals surface area contributed by atoms with Gasteiger partial charge in [-0.1, -0.05) is 72.8 Å². The fourth-order valence-electron chi connectivity index (χ4n) is 3.01. The summed E-state index contributed by atoms with van der Waals surface area (Å²) in [4.78, 5) is 33.0. The molecule has 0 spiro atoms.